The van der Waals surface area contributed by atoms with Gasteiger partial charge in [0, 0.05) is 18.7 Å². The van der Waals surface area contributed by atoms with Crippen molar-refractivity contribution in [1.29, 1.82) is 0 Å². The second-order valence-electron chi connectivity index (χ2n) is 5.14. The van der Waals surface area contributed by atoms with Gasteiger partial charge in [0.15, 0.2) is 0 Å². The summed E-state index contributed by atoms with van der Waals surface area (Å²) in [5.74, 6) is 0.0239. The zero-order chi connectivity index (χ0) is 14.1. The largest absolute Gasteiger partial charge is 0.396 e. The van der Waals surface area contributed by atoms with Crippen molar-refractivity contribution >= 4 is 23.1 Å². The summed E-state index contributed by atoms with van der Waals surface area (Å²) in [7, 11) is 0. The van der Waals surface area contributed by atoms with Crippen LogP contribution in [0.1, 0.15) is 28.1 Å². The number of carbonyl (C=O) groups is 1. The summed E-state index contributed by atoms with van der Waals surface area (Å²) in [4.78, 5) is 14.8. The monoisotopic (exact) mass is 287 g/mol. The van der Waals surface area contributed by atoms with Crippen LogP contribution in [0.15, 0.2) is 24.3 Å². The smallest absolute Gasteiger partial charge is 0.267 e. The maximum absolute atomic E-state index is 12.4. The molecule has 4 nitrogen and oxygen atoms in total. The maximum Gasteiger partial charge on any atom is 0.267 e. The van der Waals surface area contributed by atoms with Gasteiger partial charge < -0.3 is 10.6 Å². The van der Waals surface area contributed by atoms with Gasteiger partial charge in [0.2, 0.25) is 0 Å². The average molecular weight is 287 g/mol. The summed E-state index contributed by atoms with van der Waals surface area (Å²) < 4.78 is 4.38. The fourth-order valence-corrected chi connectivity index (χ4v) is 3.22. The summed E-state index contributed by atoms with van der Waals surface area (Å²) in [5, 5.41) is 0. The van der Waals surface area contributed by atoms with E-state index in [0.29, 0.717) is 10.6 Å². The molecule has 2 aromatic rings. The Morgan fingerprint density at radius 2 is 1.90 bits per heavy atom. The van der Waals surface area contributed by atoms with E-state index in [-0.39, 0.29) is 5.91 Å². The highest BCUT2D eigenvalue weighted by atomic mass is 32.1. The molecular formula is C15H17N3OS. The zero-order valence-electron chi connectivity index (χ0n) is 11.4. The molecule has 1 aliphatic heterocycles. The predicted octanol–water partition coefficient (Wildman–Crippen LogP) is 2.94. The number of nitrogens with zero attached hydrogens (tertiary/aromatic N) is 2. The highest BCUT2D eigenvalue weighted by Crippen LogP contribution is 2.32. The van der Waals surface area contributed by atoms with Gasteiger partial charge in [0.25, 0.3) is 5.91 Å². The van der Waals surface area contributed by atoms with Gasteiger partial charge in [0.1, 0.15) is 10.6 Å². The second kappa shape index (κ2) is 5.25. The van der Waals surface area contributed by atoms with Gasteiger partial charge in [-0.05, 0) is 31.3 Å². The second-order valence-corrected chi connectivity index (χ2v) is 5.91. The van der Waals surface area contributed by atoms with Crippen LogP contribution in [0.4, 0.5) is 5.69 Å². The molecule has 0 aliphatic carbocycles. The van der Waals surface area contributed by atoms with E-state index in [2.05, 4.69) is 4.37 Å². The van der Waals surface area contributed by atoms with Crippen LogP contribution >= 0.6 is 11.5 Å². The van der Waals surface area contributed by atoms with Crippen molar-refractivity contribution in [3.8, 4) is 11.3 Å². The van der Waals surface area contributed by atoms with E-state index in [1.165, 1.54) is 17.1 Å². The number of anilines is 1. The first-order chi connectivity index (χ1) is 9.66. The van der Waals surface area contributed by atoms with E-state index in [1.807, 2.05) is 36.1 Å². The molecule has 1 aliphatic rings. The number of carbonyl (C=O) groups excluding carboxylic acids is 1. The molecule has 0 atom stereocenters. The number of aryl methyl sites for hydroxylation is 1. The third kappa shape index (κ3) is 2.29. The summed E-state index contributed by atoms with van der Waals surface area (Å²) in [6.07, 6.45) is 2.16. The van der Waals surface area contributed by atoms with Crippen molar-refractivity contribution in [2.45, 2.75) is 19.8 Å². The van der Waals surface area contributed by atoms with Crippen LogP contribution in [0.2, 0.25) is 0 Å². The molecule has 0 radical (unpaired) electrons. The van der Waals surface area contributed by atoms with Crippen LogP contribution in [0, 0.1) is 6.92 Å². The van der Waals surface area contributed by atoms with Crippen molar-refractivity contribution < 1.29 is 4.79 Å². The van der Waals surface area contributed by atoms with Gasteiger partial charge in [-0.2, -0.15) is 4.37 Å². The third-order valence-corrected chi connectivity index (χ3v) is 4.49. The summed E-state index contributed by atoms with van der Waals surface area (Å²) in [6.45, 7) is 3.70. The Kier molecular flexibility index (Phi) is 3.44. The number of amides is 1. The van der Waals surface area contributed by atoms with Gasteiger partial charge in [-0.3, -0.25) is 4.79 Å². The molecule has 104 valence electrons. The van der Waals surface area contributed by atoms with Crippen molar-refractivity contribution in [1.82, 2.24) is 9.27 Å². The molecule has 2 heterocycles. The lowest BCUT2D eigenvalue weighted by molar-refractivity contribution is 0.0798. The first-order valence-corrected chi connectivity index (χ1v) is 7.55. The van der Waals surface area contributed by atoms with Crippen molar-refractivity contribution in [3.05, 3.63) is 34.7 Å². The number of hydrogen-bond acceptors (Lipinski definition) is 4. The molecule has 5 heteroatoms. The quantitative estimate of drug-likeness (QED) is 0.924. The van der Waals surface area contributed by atoms with Crippen LogP contribution in [-0.4, -0.2) is 28.3 Å². The first kappa shape index (κ1) is 13.1. The van der Waals surface area contributed by atoms with Gasteiger partial charge in [-0.1, -0.05) is 29.8 Å². The number of nitrogens with two attached hydrogens (primary N) is 1. The van der Waals surface area contributed by atoms with Gasteiger partial charge in [-0.15, -0.1) is 0 Å². The third-order valence-electron chi connectivity index (χ3n) is 3.64. The topological polar surface area (TPSA) is 59.2 Å². The molecule has 2 N–H and O–H groups in total. The summed E-state index contributed by atoms with van der Waals surface area (Å²) in [5.41, 5.74) is 9.53. The van der Waals surface area contributed by atoms with Gasteiger partial charge in [-0.25, -0.2) is 0 Å². The minimum Gasteiger partial charge on any atom is -0.396 e. The van der Waals surface area contributed by atoms with Gasteiger partial charge >= 0.3 is 0 Å². The molecule has 0 bridgehead atoms. The zero-order valence-corrected chi connectivity index (χ0v) is 12.2. The Hall–Kier alpha value is -1.88. The van der Waals surface area contributed by atoms with Crippen LogP contribution in [-0.2, 0) is 0 Å². The Morgan fingerprint density at radius 1 is 1.25 bits per heavy atom. The Balaban J connectivity index is 1.92. The summed E-state index contributed by atoms with van der Waals surface area (Å²) in [6, 6.07) is 8.03. The summed E-state index contributed by atoms with van der Waals surface area (Å²) >= 11 is 1.20. The molecule has 1 saturated heterocycles. The van der Waals surface area contributed by atoms with Crippen molar-refractivity contribution in [2.24, 2.45) is 0 Å². The molecule has 1 amide bonds. The number of benzene rings is 1. The number of likely N-dealkylation sites (tertiary alicyclic amines) is 1. The minimum atomic E-state index is 0.0239. The van der Waals surface area contributed by atoms with Crippen molar-refractivity contribution in [3.63, 3.8) is 0 Å². The average Bonchev–Trinajstić information content (AvgIpc) is 3.09. The fraction of sp³-hybridized carbons (Fsp3) is 0.333. The molecule has 1 aromatic carbocycles. The SMILES string of the molecule is Cc1ccc(-c2nsc(C(=O)N3CCCC3)c2N)cc1. The lowest BCUT2D eigenvalue weighted by Crippen LogP contribution is -2.27. The Morgan fingerprint density at radius 3 is 2.55 bits per heavy atom. The molecule has 0 saturated carbocycles. The number of nitrogen functional groups attached to an aromatic ring is 1. The number of aromatic nitrogens is 1. The molecular weight excluding hydrogens is 270 g/mol. The normalized spacial score (nSPS) is 14.8. The molecule has 1 aromatic heterocycles. The predicted molar refractivity (Wildman–Crippen MR) is 81.8 cm³/mol. The molecule has 0 spiro atoms. The van der Waals surface area contributed by atoms with Crippen LogP contribution < -0.4 is 5.73 Å². The van der Waals surface area contributed by atoms with E-state index in [4.69, 9.17) is 5.73 Å². The number of hydrogen-bond donors (Lipinski definition) is 1. The first-order valence-electron chi connectivity index (χ1n) is 6.78. The molecule has 0 unspecified atom stereocenters. The van der Waals surface area contributed by atoms with Crippen LogP contribution in [0.3, 0.4) is 0 Å². The van der Waals surface area contributed by atoms with E-state index in [0.717, 1.165) is 37.2 Å². The number of rotatable bonds is 2. The fourth-order valence-electron chi connectivity index (χ4n) is 2.43. The van der Waals surface area contributed by atoms with E-state index in [9.17, 15) is 4.79 Å². The highest BCUT2D eigenvalue weighted by Gasteiger charge is 2.25. The Labute approximate surface area is 122 Å². The van der Waals surface area contributed by atoms with E-state index < -0.39 is 0 Å². The molecule has 20 heavy (non-hydrogen) atoms. The maximum atomic E-state index is 12.4. The van der Waals surface area contributed by atoms with E-state index >= 15 is 0 Å². The van der Waals surface area contributed by atoms with Crippen molar-refractivity contribution in [2.75, 3.05) is 18.8 Å². The van der Waals surface area contributed by atoms with Crippen LogP contribution in [0.5, 0.6) is 0 Å². The standard InChI is InChI=1S/C15H17N3OS/c1-10-4-6-11(7-5-10)13-12(16)14(20-17-13)15(19)18-8-2-3-9-18/h4-7H,2-3,8-9,16H2,1H3. The Bertz CT molecular complexity index is 627. The molecule has 3 rings (SSSR count). The lowest BCUT2D eigenvalue weighted by Gasteiger charge is -2.13. The van der Waals surface area contributed by atoms with Crippen LogP contribution in [0.25, 0.3) is 11.3 Å². The lowest BCUT2D eigenvalue weighted by atomic mass is 10.1. The molecule has 1 fully saturated rings. The van der Waals surface area contributed by atoms with Gasteiger partial charge in [0.05, 0.1) is 5.69 Å². The van der Waals surface area contributed by atoms with E-state index in [1.54, 1.807) is 0 Å². The highest BCUT2D eigenvalue weighted by molar-refractivity contribution is 7.09. The minimum absolute atomic E-state index is 0.0239.